The number of benzene rings is 1. The van der Waals surface area contributed by atoms with E-state index < -0.39 is 5.97 Å². The number of hydrogen-bond acceptors (Lipinski definition) is 5. The summed E-state index contributed by atoms with van der Waals surface area (Å²) < 4.78 is 0. The largest absolute Gasteiger partial charge is 0.476 e. The Morgan fingerprint density at radius 2 is 2.00 bits per heavy atom. The van der Waals surface area contributed by atoms with E-state index in [9.17, 15) is 4.79 Å². The van der Waals surface area contributed by atoms with Crippen LogP contribution in [0, 0.1) is 6.92 Å². The van der Waals surface area contributed by atoms with Crippen molar-refractivity contribution in [1.29, 1.82) is 0 Å². The molecule has 0 unspecified atom stereocenters. The molecule has 0 atom stereocenters. The minimum Gasteiger partial charge on any atom is -0.476 e. The molecule has 0 aliphatic heterocycles. The summed E-state index contributed by atoms with van der Waals surface area (Å²) in [5.41, 5.74) is 1.59. The maximum absolute atomic E-state index is 11.1. The molecule has 1 aromatic heterocycles. The van der Waals surface area contributed by atoms with Crippen LogP contribution in [0.3, 0.4) is 0 Å². The van der Waals surface area contributed by atoms with Crippen molar-refractivity contribution in [2.45, 2.75) is 6.92 Å². The molecular formula is C12H14N4O3. The predicted molar refractivity (Wildman–Crippen MR) is 68.6 cm³/mol. The van der Waals surface area contributed by atoms with E-state index in [2.05, 4.69) is 15.5 Å². The summed E-state index contributed by atoms with van der Waals surface area (Å²) in [6.45, 7) is 2.06. The molecule has 0 fully saturated rings. The van der Waals surface area contributed by atoms with Gasteiger partial charge in [0.1, 0.15) is 0 Å². The van der Waals surface area contributed by atoms with Crippen molar-refractivity contribution in [2.75, 3.05) is 18.5 Å². The zero-order valence-electron chi connectivity index (χ0n) is 10.4. The van der Waals surface area contributed by atoms with Crippen molar-refractivity contribution in [3.05, 3.63) is 35.5 Å². The van der Waals surface area contributed by atoms with E-state index in [1.807, 2.05) is 19.1 Å². The van der Waals surface area contributed by atoms with Gasteiger partial charge in [-0.05, 0) is 19.1 Å². The highest BCUT2D eigenvalue weighted by Crippen LogP contribution is 2.13. The number of carbonyl (C=O) groups is 1. The van der Waals surface area contributed by atoms with Crippen molar-refractivity contribution in [3.8, 4) is 5.69 Å². The molecule has 0 saturated heterocycles. The van der Waals surface area contributed by atoms with Crippen LogP contribution in [0.1, 0.15) is 16.1 Å². The highest BCUT2D eigenvalue weighted by atomic mass is 16.4. The molecule has 0 spiro atoms. The number of aliphatic hydroxyl groups is 1. The van der Waals surface area contributed by atoms with Gasteiger partial charge in [-0.15, -0.1) is 15.0 Å². The van der Waals surface area contributed by atoms with Crippen molar-refractivity contribution in [2.24, 2.45) is 0 Å². The molecule has 0 aliphatic carbocycles. The maximum Gasteiger partial charge on any atom is 0.360 e. The number of carboxylic acid groups (broad SMARTS) is 1. The number of aromatic carboxylic acids is 1. The lowest BCUT2D eigenvalue weighted by molar-refractivity contribution is 0.0691. The van der Waals surface area contributed by atoms with Crippen LogP contribution in [0.25, 0.3) is 5.69 Å². The number of hydrogen-bond donors (Lipinski definition) is 3. The average Bonchev–Trinajstić information content (AvgIpc) is 2.81. The smallest absolute Gasteiger partial charge is 0.360 e. The lowest BCUT2D eigenvalue weighted by Gasteiger charge is -2.00. The monoisotopic (exact) mass is 262 g/mol. The van der Waals surface area contributed by atoms with Crippen molar-refractivity contribution in [3.63, 3.8) is 0 Å². The fourth-order valence-electron chi connectivity index (χ4n) is 1.54. The number of anilines is 1. The van der Waals surface area contributed by atoms with Crippen LogP contribution in [0.4, 0.5) is 5.82 Å². The van der Waals surface area contributed by atoms with Gasteiger partial charge in [0, 0.05) is 6.54 Å². The van der Waals surface area contributed by atoms with Gasteiger partial charge in [0.2, 0.25) is 5.69 Å². The minimum absolute atomic E-state index is 0.115. The van der Waals surface area contributed by atoms with Crippen LogP contribution in [0.5, 0.6) is 0 Å². The Labute approximate surface area is 109 Å². The van der Waals surface area contributed by atoms with E-state index in [0.29, 0.717) is 5.69 Å². The first-order valence-electron chi connectivity index (χ1n) is 5.74. The van der Waals surface area contributed by atoms with E-state index >= 15 is 0 Å². The molecule has 100 valence electrons. The van der Waals surface area contributed by atoms with Gasteiger partial charge < -0.3 is 15.5 Å². The van der Waals surface area contributed by atoms with E-state index in [0.717, 1.165) is 5.56 Å². The number of nitrogens with one attached hydrogen (secondary N) is 1. The molecule has 2 rings (SSSR count). The van der Waals surface area contributed by atoms with Crippen molar-refractivity contribution < 1.29 is 15.0 Å². The number of nitrogens with zero attached hydrogens (tertiary/aromatic N) is 3. The van der Waals surface area contributed by atoms with Crippen molar-refractivity contribution in [1.82, 2.24) is 15.0 Å². The molecule has 0 bridgehead atoms. The van der Waals surface area contributed by atoms with Gasteiger partial charge in [-0.25, -0.2) is 4.79 Å². The zero-order valence-corrected chi connectivity index (χ0v) is 10.4. The van der Waals surface area contributed by atoms with Gasteiger partial charge in [0.05, 0.1) is 12.3 Å². The second-order valence-electron chi connectivity index (χ2n) is 3.98. The molecule has 19 heavy (non-hydrogen) atoms. The predicted octanol–water partition coefficient (Wildman–Crippen LogP) is 0.678. The molecule has 0 radical (unpaired) electrons. The first kappa shape index (κ1) is 13.0. The van der Waals surface area contributed by atoms with E-state index in [1.165, 1.54) is 4.80 Å². The molecule has 0 saturated carbocycles. The van der Waals surface area contributed by atoms with Crippen LogP contribution in [-0.2, 0) is 0 Å². The summed E-state index contributed by atoms with van der Waals surface area (Å²) in [6.07, 6.45) is 0. The number of aryl methyl sites for hydroxylation is 1. The van der Waals surface area contributed by atoms with Crippen LogP contribution < -0.4 is 5.32 Å². The highest BCUT2D eigenvalue weighted by Gasteiger charge is 2.18. The molecule has 2 aromatic rings. The third-order valence-corrected chi connectivity index (χ3v) is 2.49. The van der Waals surface area contributed by atoms with Gasteiger partial charge >= 0.3 is 5.97 Å². The molecule has 1 heterocycles. The SMILES string of the molecule is Cc1ccc(-n2nc(NCCO)c(C(=O)O)n2)cc1. The molecule has 0 aliphatic rings. The molecular weight excluding hydrogens is 248 g/mol. The second kappa shape index (κ2) is 5.49. The second-order valence-corrected chi connectivity index (χ2v) is 3.98. The fourth-order valence-corrected chi connectivity index (χ4v) is 1.54. The lowest BCUT2D eigenvalue weighted by Crippen LogP contribution is -2.09. The maximum atomic E-state index is 11.1. The zero-order chi connectivity index (χ0) is 13.8. The van der Waals surface area contributed by atoms with Crippen LogP contribution in [-0.4, -0.2) is 44.3 Å². The average molecular weight is 262 g/mol. The van der Waals surface area contributed by atoms with Crippen LogP contribution in [0.2, 0.25) is 0 Å². The Morgan fingerprint density at radius 1 is 1.32 bits per heavy atom. The van der Waals surface area contributed by atoms with Crippen LogP contribution >= 0.6 is 0 Å². The number of aromatic nitrogens is 3. The Bertz CT molecular complexity index is 577. The first-order chi connectivity index (χ1) is 9.11. The third-order valence-electron chi connectivity index (χ3n) is 2.49. The summed E-state index contributed by atoms with van der Waals surface area (Å²) >= 11 is 0. The van der Waals surface area contributed by atoms with Crippen LogP contribution in [0.15, 0.2) is 24.3 Å². The topological polar surface area (TPSA) is 100 Å². The quantitative estimate of drug-likeness (QED) is 0.732. The van der Waals surface area contributed by atoms with E-state index in [4.69, 9.17) is 10.2 Å². The molecule has 7 nitrogen and oxygen atoms in total. The fraction of sp³-hybridized carbons (Fsp3) is 0.250. The number of aliphatic hydroxyl groups excluding tert-OH is 1. The van der Waals surface area contributed by atoms with Gasteiger partial charge in [0.15, 0.2) is 5.82 Å². The molecule has 7 heteroatoms. The molecule has 3 N–H and O–H groups in total. The first-order valence-corrected chi connectivity index (χ1v) is 5.74. The van der Waals surface area contributed by atoms with E-state index in [1.54, 1.807) is 12.1 Å². The van der Waals surface area contributed by atoms with Crippen molar-refractivity contribution >= 4 is 11.8 Å². The Morgan fingerprint density at radius 3 is 2.58 bits per heavy atom. The normalized spacial score (nSPS) is 10.4. The summed E-state index contributed by atoms with van der Waals surface area (Å²) in [6, 6.07) is 7.38. The van der Waals surface area contributed by atoms with Gasteiger partial charge in [-0.1, -0.05) is 17.7 Å². The third kappa shape index (κ3) is 2.89. The summed E-state index contributed by atoms with van der Waals surface area (Å²) in [5, 5.41) is 28.5. The van der Waals surface area contributed by atoms with Gasteiger partial charge in [-0.3, -0.25) is 0 Å². The summed E-state index contributed by atoms with van der Waals surface area (Å²) in [5.74, 6) is -1.03. The Balaban J connectivity index is 2.36. The molecule has 1 aromatic carbocycles. The highest BCUT2D eigenvalue weighted by molar-refractivity contribution is 5.90. The molecule has 0 amide bonds. The number of carboxylic acids is 1. The van der Waals surface area contributed by atoms with Gasteiger partial charge in [0.25, 0.3) is 0 Å². The Kier molecular flexibility index (Phi) is 3.76. The lowest BCUT2D eigenvalue weighted by atomic mass is 10.2. The Hall–Kier alpha value is -2.41. The van der Waals surface area contributed by atoms with E-state index in [-0.39, 0.29) is 24.7 Å². The summed E-state index contributed by atoms with van der Waals surface area (Å²) in [7, 11) is 0. The standard InChI is InChI=1S/C12H14N4O3/c1-8-2-4-9(5-3-8)16-14-10(12(18)19)11(15-16)13-6-7-17/h2-5,17H,6-7H2,1H3,(H,13,15)(H,18,19). The number of rotatable bonds is 5. The minimum atomic E-state index is -1.17. The van der Waals surface area contributed by atoms with Gasteiger partial charge in [-0.2, -0.15) is 0 Å². The summed E-state index contributed by atoms with van der Waals surface area (Å²) in [4.78, 5) is 12.3.